The monoisotopic (exact) mass is 281 g/mol. The fraction of sp³-hybridized carbons (Fsp3) is 0.176. The van der Waals surface area contributed by atoms with Crippen molar-refractivity contribution in [1.29, 1.82) is 0 Å². The van der Waals surface area contributed by atoms with Crippen LogP contribution < -0.4 is 4.74 Å². The molecular weight excluding hydrogens is 266 g/mol. The van der Waals surface area contributed by atoms with E-state index < -0.39 is 5.97 Å². The van der Waals surface area contributed by atoms with Gasteiger partial charge in [0.2, 0.25) is 0 Å². The Morgan fingerprint density at radius 1 is 1.19 bits per heavy atom. The third kappa shape index (κ3) is 2.40. The quantitative estimate of drug-likeness (QED) is 0.891. The number of nitrogens with zero attached hydrogens (tertiary/aromatic N) is 1. The molecule has 4 nitrogen and oxygen atoms in total. The Bertz CT molecular complexity index is 763. The first-order valence-electron chi connectivity index (χ1n) is 6.82. The number of ether oxygens (including phenoxy) is 1. The molecular formula is C17H15NO3. The first-order valence-corrected chi connectivity index (χ1v) is 6.82. The Kier molecular flexibility index (Phi) is 3.22. The third-order valence-electron chi connectivity index (χ3n) is 3.46. The van der Waals surface area contributed by atoms with Crippen LogP contribution in [0.5, 0.6) is 11.5 Å². The van der Waals surface area contributed by atoms with Gasteiger partial charge in [0.1, 0.15) is 11.4 Å². The van der Waals surface area contributed by atoms with E-state index in [-0.39, 0.29) is 5.56 Å². The van der Waals surface area contributed by atoms with E-state index in [1.54, 1.807) is 12.1 Å². The normalized spacial score (nSPS) is 12.6. The number of aromatic carboxylic acids is 1. The van der Waals surface area contributed by atoms with Crippen molar-refractivity contribution in [3.05, 3.63) is 53.1 Å². The largest absolute Gasteiger partial charge is 0.478 e. The van der Waals surface area contributed by atoms with E-state index in [2.05, 4.69) is 4.99 Å². The summed E-state index contributed by atoms with van der Waals surface area (Å²) in [7, 11) is 0. The number of carboxylic acids is 1. The maximum absolute atomic E-state index is 11.1. The van der Waals surface area contributed by atoms with E-state index in [1.807, 2.05) is 32.0 Å². The topological polar surface area (TPSA) is 58.9 Å². The van der Waals surface area contributed by atoms with Crippen LogP contribution in [0, 0.1) is 6.92 Å². The van der Waals surface area contributed by atoms with Gasteiger partial charge in [-0.05, 0) is 49.2 Å². The lowest BCUT2D eigenvalue weighted by Crippen LogP contribution is -1.99. The van der Waals surface area contributed by atoms with Crippen LogP contribution in [0.15, 0.2) is 41.4 Å². The fourth-order valence-corrected chi connectivity index (χ4v) is 2.37. The summed E-state index contributed by atoms with van der Waals surface area (Å²) in [4.78, 5) is 15.7. The molecule has 0 aromatic heterocycles. The van der Waals surface area contributed by atoms with Crippen LogP contribution in [0.3, 0.4) is 0 Å². The van der Waals surface area contributed by atoms with Crippen LogP contribution in [0.25, 0.3) is 0 Å². The molecule has 1 N–H and O–H groups in total. The highest BCUT2D eigenvalue weighted by molar-refractivity contribution is 6.05. The molecule has 4 heteroatoms. The van der Waals surface area contributed by atoms with Gasteiger partial charge in [0, 0.05) is 5.56 Å². The molecule has 3 rings (SSSR count). The summed E-state index contributed by atoms with van der Waals surface area (Å²) < 4.78 is 5.94. The second kappa shape index (κ2) is 5.05. The number of fused-ring (bicyclic) bond motifs is 2. The van der Waals surface area contributed by atoms with Crippen molar-refractivity contribution < 1.29 is 14.6 Å². The van der Waals surface area contributed by atoms with Gasteiger partial charge in [-0.2, -0.15) is 0 Å². The molecule has 2 aromatic rings. The highest BCUT2D eigenvalue weighted by atomic mass is 16.5. The third-order valence-corrected chi connectivity index (χ3v) is 3.46. The van der Waals surface area contributed by atoms with Gasteiger partial charge < -0.3 is 9.84 Å². The van der Waals surface area contributed by atoms with Crippen molar-refractivity contribution in [2.45, 2.75) is 20.3 Å². The number of carboxylic acid groups (broad SMARTS) is 1. The van der Waals surface area contributed by atoms with E-state index in [1.165, 1.54) is 6.07 Å². The number of aliphatic imine (C=N–C) groups is 1. The average molecular weight is 281 g/mol. The molecule has 0 radical (unpaired) electrons. The summed E-state index contributed by atoms with van der Waals surface area (Å²) in [5.74, 6) is 0.372. The van der Waals surface area contributed by atoms with E-state index in [4.69, 9.17) is 9.84 Å². The lowest BCUT2D eigenvalue weighted by Gasteiger charge is -2.10. The number of hydrogen-bond donors (Lipinski definition) is 1. The highest BCUT2D eigenvalue weighted by Crippen LogP contribution is 2.39. The summed E-state index contributed by atoms with van der Waals surface area (Å²) in [5.41, 5.74) is 3.72. The number of aryl methyl sites for hydroxylation is 1. The molecule has 0 bridgehead atoms. The predicted octanol–water partition coefficient (Wildman–Crippen LogP) is 4.33. The Hall–Kier alpha value is -2.62. The van der Waals surface area contributed by atoms with Crippen LogP contribution in [-0.4, -0.2) is 16.8 Å². The molecule has 0 saturated heterocycles. The van der Waals surface area contributed by atoms with Crippen molar-refractivity contribution in [2.75, 3.05) is 0 Å². The van der Waals surface area contributed by atoms with Gasteiger partial charge in [-0.1, -0.05) is 13.0 Å². The first kappa shape index (κ1) is 13.4. The van der Waals surface area contributed by atoms with Crippen LogP contribution in [0.2, 0.25) is 0 Å². The smallest absolute Gasteiger partial charge is 0.335 e. The van der Waals surface area contributed by atoms with E-state index >= 15 is 0 Å². The molecule has 106 valence electrons. The molecule has 0 fully saturated rings. The standard InChI is InChI=1S/C17H15NO3/c1-3-13-12-6-4-10(2)8-16(12)21-15-7-5-11(17(19)20)9-14(15)18-13/h4-9H,3H2,1-2H3,(H,19,20). The summed E-state index contributed by atoms with van der Waals surface area (Å²) >= 11 is 0. The van der Waals surface area contributed by atoms with Crippen LogP contribution >= 0.6 is 0 Å². The van der Waals surface area contributed by atoms with Crippen molar-refractivity contribution in [2.24, 2.45) is 4.99 Å². The Balaban J connectivity index is 2.20. The fourth-order valence-electron chi connectivity index (χ4n) is 2.37. The first-order chi connectivity index (χ1) is 10.1. The van der Waals surface area contributed by atoms with Gasteiger partial charge in [0.15, 0.2) is 5.75 Å². The van der Waals surface area contributed by atoms with Gasteiger partial charge in [0.25, 0.3) is 0 Å². The minimum Gasteiger partial charge on any atom is -0.478 e. The molecule has 1 aliphatic rings. The van der Waals surface area contributed by atoms with Crippen LogP contribution in [-0.2, 0) is 0 Å². The molecule has 0 atom stereocenters. The van der Waals surface area contributed by atoms with E-state index in [9.17, 15) is 4.79 Å². The molecule has 1 aliphatic heterocycles. The van der Waals surface area contributed by atoms with Gasteiger partial charge in [-0.3, -0.25) is 0 Å². The van der Waals surface area contributed by atoms with Crippen LogP contribution in [0.4, 0.5) is 5.69 Å². The number of hydrogen-bond acceptors (Lipinski definition) is 3. The predicted molar refractivity (Wildman–Crippen MR) is 81.1 cm³/mol. The second-order valence-electron chi connectivity index (χ2n) is 5.00. The molecule has 0 saturated carbocycles. The Morgan fingerprint density at radius 2 is 2.00 bits per heavy atom. The number of benzene rings is 2. The highest BCUT2D eigenvalue weighted by Gasteiger charge is 2.18. The minimum absolute atomic E-state index is 0.207. The summed E-state index contributed by atoms with van der Waals surface area (Å²) in [5, 5.41) is 9.10. The van der Waals surface area contributed by atoms with Crippen molar-refractivity contribution in [3.8, 4) is 11.5 Å². The zero-order chi connectivity index (χ0) is 15.0. The lowest BCUT2D eigenvalue weighted by atomic mass is 10.0. The van der Waals surface area contributed by atoms with Gasteiger partial charge in [0.05, 0.1) is 11.3 Å². The summed E-state index contributed by atoms with van der Waals surface area (Å²) in [6.07, 6.45) is 0.746. The Morgan fingerprint density at radius 3 is 2.71 bits per heavy atom. The molecule has 1 heterocycles. The molecule has 0 spiro atoms. The lowest BCUT2D eigenvalue weighted by molar-refractivity contribution is 0.0697. The minimum atomic E-state index is -0.969. The van der Waals surface area contributed by atoms with Crippen LogP contribution in [0.1, 0.15) is 34.8 Å². The number of rotatable bonds is 2. The summed E-state index contributed by atoms with van der Waals surface area (Å²) in [6.45, 7) is 4.03. The molecule has 2 aromatic carbocycles. The average Bonchev–Trinajstić information content (AvgIpc) is 2.61. The molecule has 0 aliphatic carbocycles. The zero-order valence-electron chi connectivity index (χ0n) is 11.9. The van der Waals surface area contributed by atoms with Crippen molar-refractivity contribution in [1.82, 2.24) is 0 Å². The summed E-state index contributed by atoms with van der Waals surface area (Å²) in [6, 6.07) is 10.7. The van der Waals surface area contributed by atoms with Crippen molar-refractivity contribution in [3.63, 3.8) is 0 Å². The Labute approximate surface area is 122 Å². The SMILES string of the molecule is CCC1=Nc2cc(C(=O)O)ccc2Oc2cc(C)ccc21. The second-order valence-corrected chi connectivity index (χ2v) is 5.00. The zero-order valence-corrected chi connectivity index (χ0v) is 11.9. The molecule has 0 unspecified atom stereocenters. The molecule has 0 amide bonds. The molecule has 21 heavy (non-hydrogen) atoms. The number of carbonyl (C=O) groups is 1. The van der Waals surface area contributed by atoms with E-state index in [0.29, 0.717) is 11.4 Å². The van der Waals surface area contributed by atoms with Gasteiger partial charge in [-0.15, -0.1) is 0 Å². The van der Waals surface area contributed by atoms with Crippen molar-refractivity contribution >= 4 is 17.4 Å². The maximum Gasteiger partial charge on any atom is 0.335 e. The van der Waals surface area contributed by atoms with Gasteiger partial charge in [-0.25, -0.2) is 9.79 Å². The maximum atomic E-state index is 11.1. The van der Waals surface area contributed by atoms with Gasteiger partial charge >= 0.3 is 5.97 Å². The van der Waals surface area contributed by atoms with E-state index in [0.717, 1.165) is 29.0 Å².